The summed E-state index contributed by atoms with van der Waals surface area (Å²) >= 11 is 5.58. The SMILES string of the molecule is O=C(CN1CCCC(C(=O)O)C1)Nc1ccc(Cl)cc1C(F)(F)F. The number of benzene rings is 1. The number of piperidine rings is 1. The van der Waals surface area contributed by atoms with Crippen LogP contribution in [-0.4, -0.2) is 41.5 Å². The van der Waals surface area contributed by atoms with E-state index in [2.05, 4.69) is 5.32 Å². The van der Waals surface area contributed by atoms with Gasteiger partial charge in [0, 0.05) is 11.6 Å². The van der Waals surface area contributed by atoms with Crippen LogP contribution in [0.5, 0.6) is 0 Å². The Hall–Kier alpha value is -1.80. The van der Waals surface area contributed by atoms with Gasteiger partial charge in [0.1, 0.15) is 0 Å². The molecular weight excluding hydrogens is 349 g/mol. The van der Waals surface area contributed by atoms with Gasteiger partial charge < -0.3 is 10.4 Å². The van der Waals surface area contributed by atoms with Gasteiger partial charge in [-0.3, -0.25) is 14.5 Å². The van der Waals surface area contributed by atoms with Gasteiger partial charge >= 0.3 is 12.1 Å². The number of carbonyl (C=O) groups is 2. The zero-order chi connectivity index (χ0) is 17.9. The van der Waals surface area contributed by atoms with Crippen LogP contribution >= 0.6 is 11.6 Å². The molecule has 0 aliphatic carbocycles. The lowest BCUT2D eigenvalue weighted by Crippen LogP contribution is -2.42. The van der Waals surface area contributed by atoms with E-state index in [1.54, 1.807) is 4.90 Å². The van der Waals surface area contributed by atoms with E-state index in [1.807, 2.05) is 0 Å². The van der Waals surface area contributed by atoms with Gasteiger partial charge in [-0.05, 0) is 37.6 Å². The molecular formula is C15H16ClF3N2O3. The summed E-state index contributed by atoms with van der Waals surface area (Å²) < 4.78 is 39.0. The first-order valence-corrected chi connectivity index (χ1v) is 7.66. The second-order valence-corrected chi connectivity index (χ2v) is 6.08. The van der Waals surface area contributed by atoms with Crippen molar-refractivity contribution in [1.29, 1.82) is 0 Å². The van der Waals surface area contributed by atoms with Crippen LogP contribution in [0.15, 0.2) is 18.2 Å². The summed E-state index contributed by atoms with van der Waals surface area (Å²) in [5.74, 6) is -2.13. The minimum Gasteiger partial charge on any atom is -0.481 e. The van der Waals surface area contributed by atoms with Crippen molar-refractivity contribution >= 4 is 29.2 Å². The highest BCUT2D eigenvalue weighted by atomic mass is 35.5. The van der Waals surface area contributed by atoms with Gasteiger partial charge in [-0.25, -0.2) is 0 Å². The van der Waals surface area contributed by atoms with Gasteiger partial charge in [-0.1, -0.05) is 11.6 Å². The maximum absolute atomic E-state index is 13.0. The standard InChI is InChI=1S/C15H16ClF3N2O3/c16-10-3-4-12(11(6-10)15(17,18)19)20-13(22)8-21-5-1-2-9(7-21)14(23)24/h3-4,6,9H,1-2,5,7-8H2,(H,20,22)(H,23,24). The molecule has 24 heavy (non-hydrogen) atoms. The van der Waals surface area contributed by atoms with Crippen molar-refractivity contribution in [3.05, 3.63) is 28.8 Å². The van der Waals surface area contributed by atoms with Gasteiger partial charge in [-0.2, -0.15) is 13.2 Å². The predicted octanol–water partition coefficient (Wildman–Crippen LogP) is 3.09. The number of hydrogen-bond donors (Lipinski definition) is 2. The number of carboxylic acids is 1. The van der Waals surface area contributed by atoms with Gasteiger partial charge in [0.2, 0.25) is 5.91 Å². The van der Waals surface area contributed by atoms with Crippen molar-refractivity contribution < 1.29 is 27.9 Å². The van der Waals surface area contributed by atoms with Crippen LogP contribution < -0.4 is 5.32 Å². The minimum atomic E-state index is -4.65. The molecule has 0 spiro atoms. The van der Waals surface area contributed by atoms with Crippen molar-refractivity contribution in [2.75, 3.05) is 25.0 Å². The molecule has 9 heteroatoms. The van der Waals surface area contributed by atoms with E-state index in [0.717, 1.165) is 12.1 Å². The maximum atomic E-state index is 13.0. The van der Waals surface area contributed by atoms with Crippen molar-refractivity contribution in [2.24, 2.45) is 5.92 Å². The first kappa shape index (κ1) is 18.5. The molecule has 132 valence electrons. The topological polar surface area (TPSA) is 69.6 Å². The number of amides is 1. The number of aliphatic carboxylic acids is 1. The number of carbonyl (C=O) groups excluding carboxylic acids is 1. The third-order valence-electron chi connectivity index (χ3n) is 3.78. The Morgan fingerprint density at radius 1 is 1.38 bits per heavy atom. The fraction of sp³-hybridized carbons (Fsp3) is 0.467. The monoisotopic (exact) mass is 364 g/mol. The number of likely N-dealkylation sites (tertiary alicyclic amines) is 1. The lowest BCUT2D eigenvalue weighted by Gasteiger charge is -2.30. The normalized spacial score (nSPS) is 19.1. The highest BCUT2D eigenvalue weighted by molar-refractivity contribution is 6.30. The average molecular weight is 365 g/mol. The largest absolute Gasteiger partial charge is 0.481 e. The number of alkyl halides is 3. The van der Waals surface area contributed by atoms with E-state index in [0.29, 0.717) is 19.4 Å². The molecule has 1 saturated heterocycles. The Labute approximate surface area is 141 Å². The molecule has 1 aliphatic rings. The number of nitrogens with one attached hydrogen (secondary N) is 1. The van der Waals surface area contributed by atoms with Crippen molar-refractivity contribution in [3.8, 4) is 0 Å². The Bertz CT molecular complexity index is 637. The Balaban J connectivity index is 2.04. The van der Waals surface area contributed by atoms with Crippen LogP contribution in [0.4, 0.5) is 18.9 Å². The average Bonchev–Trinajstić information content (AvgIpc) is 2.48. The molecule has 0 aromatic heterocycles. The molecule has 1 amide bonds. The van der Waals surface area contributed by atoms with Crippen molar-refractivity contribution in [1.82, 2.24) is 4.90 Å². The van der Waals surface area contributed by atoms with Crippen molar-refractivity contribution in [3.63, 3.8) is 0 Å². The van der Waals surface area contributed by atoms with E-state index >= 15 is 0 Å². The molecule has 1 fully saturated rings. The third kappa shape index (κ3) is 4.85. The first-order valence-electron chi connectivity index (χ1n) is 7.28. The Morgan fingerprint density at radius 3 is 2.71 bits per heavy atom. The fourth-order valence-electron chi connectivity index (χ4n) is 2.65. The second-order valence-electron chi connectivity index (χ2n) is 5.65. The lowest BCUT2D eigenvalue weighted by molar-refractivity contribution is -0.144. The van der Waals surface area contributed by atoms with Crippen molar-refractivity contribution in [2.45, 2.75) is 19.0 Å². The summed E-state index contributed by atoms with van der Waals surface area (Å²) in [4.78, 5) is 24.6. The number of anilines is 1. The Kier molecular flexibility index (Phi) is 5.71. The number of rotatable bonds is 4. The molecule has 2 N–H and O–H groups in total. The van der Waals surface area contributed by atoms with Gasteiger partial charge in [-0.15, -0.1) is 0 Å². The molecule has 0 bridgehead atoms. The smallest absolute Gasteiger partial charge is 0.418 e. The van der Waals surface area contributed by atoms with Crippen LogP contribution in [0.2, 0.25) is 5.02 Å². The number of nitrogens with zero attached hydrogens (tertiary/aromatic N) is 1. The van der Waals surface area contributed by atoms with Gasteiger partial charge in [0.15, 0.2) is 0 Å². The van der Waals surface area contributed by atoms with E-state index in [1.165, 1.54) is 6.07 Å². The first-order chi connectivity index (χ1) is 11.2. The van der Waals surface area contributed by atoms with E-state index in [4.69, 9.17) is 16.7 Å². The highest BCUT2D eigenvalue weighted by Crippen LogP contribution is 2.36. The molecule has 1 unspecified atom stereocenters. The van der Waals surface area contributed by atoms with Crippen LogP contribution in [-0.2, 0) is 15.8 Å². The quantitative estimate of drug-likeness (QED) is 0.861. The van der Waals surface area contributed by atoms with Gasteiger partial charge in [0.25, 0.3) is 0 Å². The fourth-order valence-corrected chi connectivity index (χ4v) is 2.83. The molecule has 1 aromatic rings. The Morgan fingerprint density at radius 2 is 2.08 bits per heavy atom. The zero-order valence-corrected chi connectivity index (χ0v) is 13.3. The molecule has 1 aromatic carbocycles. The molecule has 1 heterocycles. The number of halogens is 4. The van der Waals surface area contributed by atoms with Crippen LogP contribution in [0.25, 0.3) is 0 Å². The lowest BCUT2D eigenvalue weighted by atomic mass is 9.98. The van der Waals surface area contributed by atoms with Crippen LogP contribution in [0.1, 0.15) is 18.4 Å². The summed E-state index contributed by atoms with van der Waals surface area (Å²) in [6.45, 7) is 0.573. The molecule has 2 rings (SSSR count). The highest BCUT2D eigenvalue weighted by Gasteiger charge is 2.34. The molecule has 1 atom stereocenters. The number of hydrogen-bond acceptors (Lipinski definition) is 3. The zero-order valence-electron chi connectivity index (χ0n) is 12.6. The third-order valence-corrected chi connectivity index (χ3v) is 4.02. The summed E-state index contributed by atoms with van der Waals surface area (Å²) in [7, 11) is 0. The molecule has 1 aliphatic heterocycles. The van der Waals surface area contributed by atoms with Crippen LogP contribution in [0.3, 0.4) is 0 Å². The van der Waals surface area contributed by atoms with E-state index in [9.17, 15) is 22.8 Å². The summed E-state index contributed by atoms with van der Waals surface area (Å²) in [6.07, 6.45) is -3.49. The van der Waals surface area contributed by atoms with Gasteiger partial charge in [0.05, 0.1) is 23.7 Å². The summed E-state index contributed by atoms with van der Waals surface area (Å²) in [5, 5.41) is 11.2. The minimum absolute atomic E-state index is 0.0827. The number of carboxylic acid groups (broad SMARTS) is 1. The summed E-state index contributed by atoms with van der Waals surface area (Å²) in [5.41, 5.74) is -1.39. The summed E-state index contributed by atoms with van der Waals surface area (Å²) in [6, 6.07) is 3.10. The maximum Gasteiger partial charge on any atom is 0.418 e. The second kappa shape index (κ2) is 7.40. The molecule has 5 nitrogen and oxygen atoms in total. The van der Waals surface area contributed by atoms with Crippen LogP contribution in [0, 0.1) is 5.92 Å². The molecule has 0 radical (unpaired) electrons. The predicted molar refractivity (Wildman–Crippen MR) is 81.9 cm³/mol. The molecule has 0 saturated carbocycles. The van der Waals surface area contributed by atoms with E-state index in [-0.39, 0.29) is 23.8 Å². The van der Waals surface area contributed by atoms with E-state index < -0.39 is 29.5 Å².